The van der Waals surface area contributed by atoms with Crippen molar-refractivity contribution in [2.24, 2.45) is 0 Å². The first-order valence-corrected chi connectivity index (χ1v) is 16.4. The van der Waals surface area contributed by atoms with Gasteiger partial charge in [0.15, 0.2) is 18.4 Å². The zero-order chi connectivity index (χ0) is 32.6. The zero-order valence-electron chi connectivity index (χ0n) is 27.4. The largest absolute Gasteiger partial charge is 0.368 e. The van der Waals surface area contributed by atoms with E-state index in [1.54, 1.807) is 6.08 Å². The molecule has 9 heteroatoms. The molecule has 3 fully saturated rings. The first-order valence-electron chi connectivity index (χ1n) is 16.4. The fourth-order valence-corrected chi connectivity index (χ4v) is 6.25. The van der Waals surface area contributed by atoms with Crippen molar-refractivity contribution in [3.63, 3.8) is 0 Å². The van der Waals surface area contributed by atoms with Crippen LogP contribution in [0.2, 0.25) is 0 Å². The molecule has 0 saturated carbocycles. The molecule has 3 aliphatic heterocycles. The van der Waals surface area contributed by atoms with E-state index in [-0.39, 0.29) is 6.61 Å². The Morgan fingerprint density at radius 2 is 1.21 bits per heavy atom. The molecule has 5 unspecified atom stereocenters. The average Bonchev–Trinajstić information content (AvgIpc) is 3.43. The Morgan fingerprint density at radius 3 is 1.79 bits per heavy atom. The van der Waals surface area contributed by atoms with Crippen LogP contribution in [-0.4, -0.2) is 74.3 Å². The number of fused-ring (bicyclic) bond motifs is 1. The third-order valence-corrected chi connectivity index (χ3v) is 8.50. The summed E-state index contributed by atoms with van der Waals surface area (Å²) in [6.07, 6.45) is -3.29. The van der Waals surface area contributed by atoms with Gasteiger partial charge in [-0.2, -0.15) is 0 Å². The predicted molar refractivity (Wildman–Crippen MR) is 174 cm³/mol. The summed E-state index contributed by atoms with van der Waals surface area (Å²) in [7, 11) is 0. The molecule has 3 aromatic rings. The Kier molecular flexibility index (Phi) is 11.5. The monoisotopic (exact) mass is 646 g/mol. The van der Waals surface area contributed by atoms with E-state index in [9.17, 15) is 0 Å². The summed E-state index contributed by atoms with van der Waals surface area (Å²) in [6.45, 7) is 11.1. The molecule has 0 N–H and O–H groups in total. The van der Waals surface area contributed by atoms with E-state index in [4.69, 9.17) is 42.6 Å². The van der Waals surface area contributed by atoms with Crippen LogP contribution in [-0.2, 0) is 62.5 Å². The molecule has 0 aromatic heterocycles. The van der Waals surface area contributed by atoms with Gasteiger partial charge in [-0.1, -0.05) is 97.1 Å². The van der Waals surface area contributed by atoms with Crippen LogP contribution >= 0.6 is 0 Å². The lowest BCUT2D eigenvalue weighted by atomic mass is 9.98. The first kappa shape index (κ1) is 33.9. The molecule has 252 valence electrons. The lowest BCUT2D eigenvalue weighted by Gasteiger charge is -2.46. The third kappa shape index (κ3) is 8.75. The van der Waals surface area contributed by atoms with Gasteiger partial charge in [-0.25, -0.2) is 0 Å². The average molecular weight is 647 g/mol. The molecule has 47 heavy (non-hydrogen) atoms. The van der Waals surface area contributed by atoms with Crippen molar-refractivity contribution in [1.29, 1.82) is 0 Å². The van der Waals surface area contributed by atoms with E-state index in [0.717, 1.165) is 16.7 Å². The van der Waals surface area contributed by atoms with Gasteiger partial charge in [0.1, 0.15) is 36.6 Å². The molecule has 3 aromatic carbocycles. The maximum atomic E-state index is 6.81. The summed E-state index contributed by atoms with van der Waals surface area (Å²) in [4.78, 5) is 0. The Labute approximate surface area is 277 Å². The van der Waals surface area contributed by atoms with Gasteiger partial charge in [0.25, 0.3) is 0 Å². The topological polar surface area (TPSA) is 83.1 Å². The zero-order valence-corrected chi connectivity index (χ0v) is 27.4. The molecule has 0 radical (unpaired) electrons. The number of ether oxygens (including phenoxy) is 9. The van der Waals surface area contributed by atoms with Crippen LogP contribution in [0.15, 0.2) is 104 Å². The van der Waals surface area contributed by atoms with Crippen LogP contribution in [0.1, 0.15) is 37.5 Å². The van der Waals surface area contributed by atoms with Crippen LogP contribution in [0, 0.1) is 0 Å². The SMILES string of the molecule is C=CCO[C@@H]1OC(C)[C@H](O[C@@H]2OC[C@@H](OCc3ccccc3)C(OCc3ccccc3)C2OCc2ccccc2)C2OC(C)(C)OC21. The number of benzene rings is 3. The van der Waals surface area contributed by atoms with Crippen molar-refractivity contribution in [2.75, 3.05) is 13.2 Å². The van der Waals surface area contributed by atoms with Crippen molar-refractivity contribution < 1.29 is 42.6 Å². The van der Waals surface area contributed by atoms with Gasteiger partial charge in [-0.05, 0) is 37.5 Å². The van der Waals surface area contributed by atoms with Crippen LogP contribution in [0.4, 0.5) is 0 Å². The summed E-state index contributed by atoms with van der Waals surface area (Å²) in [6, 6.07) is 30.2. The molecule has 9 nitrogen and oxygen atoms in total. The first-order chi connectivity index (χ1) is 22.9. The van der Waals surface area contributed by atoms with Crippen LogP contribution in [0.3, 0.4) is 0 Å². The minimum absolute atomic E-state index is 0.242. The standard InChI is InChI=1S/C38H46O9/c1-5-21-39-37-35-33(46-38(3,4)47-35)31(26(2)44-37)45-36-34(42-24-29-19-13-8-14-20-29)32(41-23-28-17-11-7-12-18-28)30(25-43-36)40-22-27-15-9-6-10-16-27/h5-20,26,30-37H,1,21-25H2,2-4H3/t26?,30-,31+,32?,33?,34?,35?,36+,37-/m1/s1. The Bertz CT molecular complexity index is 1370. The highest BCUT2D eigenvalue weighted by Gasteiger charge is 2.57. The summed E-state index contributed by atoms with van der Waals surface area (Å²) < 4.78 is 58.0. The lowest BCUT2D eigenvalue weighted by molar-refractivity contribution is -0.342. The highest BCUT2D eigenvalue weighted by atomic mass is 16.8. The van der Waals surface area contributed by atoms with Gasteiger partial charge >= 0.3 is 0 Å². The fourth-order valence-electron chi connectivity index (χ4n) is 6.25. The lowest BCUT2D eigenvalue weighted by Crippen LogP contribution is -2.62. The van der Waals surface area contributed by atoms with Crippen molar-refractivity contribution in [3.05, 3.63) is 120 Å². The summed E-state index contributed by atoms with van der Waals surface area (Å²) in [5.41, 5.74) is 3.12. The highest BCUT2D eigenvalue weighted by Crippen LogP contribution is 2.40. The van der Waals surface area contributed by atoms with Gasteiger partial charge in [0, 0.05) is 0 Å². The summed E-state index contributed by atoms with van der Waals surface area (Å²) >= 11 is 0. The molecule has 6 rings (SSSR count). The molecular formula is C38H46O9. The number of rotatable bonds is 14. The molecule has 0 spiro atoms. The molecule has 0 bridgehead atoms. The van der Waals surface area contributed by atoms with Crippen molar-refractivity contribution in [2.45, 2.75) is 102 Å². The van der Waals surface area contributed by atoms with Gasteiger partial charge in [0.05, 0.1) is 39.1 Å². The van der Waals surface area contributed by atoms with Gasteiger partial charge in [-0.15, -0.1) is 6.58 Å². The predicted octanol–water partition coefficient (Wildman–Crippen LogP) is 5.95. The molecular weight excluding hydrogens is 600 g/mol. The molecule has 3 saturated heterocycles. The summed E-state index contributed by atoms with van der Waals surface area (Å²) in [5, 5.41) is 0. The maximum Gasteiger partial charge on any atom is 0.187 e. The Balaban J connectivity index is 1.26. The second kappa shape index (κ2) is 16.0. The number of hydrogen-bond acceptors (Lipinski definition) is 9. The second-order valence-electron chi connectivity index (χ2n) is 12.6. The van der Waals surface area contributed by atoms with E-state index in [1.807, 2.05) is 112 Å². The van der Waals surface area contributed by atoms with E-state index < -0.39 is 61.1 Å². The fraction of sp³-hybridized carbons (Fsp3) is 0.474. The van der Waals surface area contributed by atoms with E-state index >= 15 is 0 Å². The third-order valence-electron chi connectivity index (χ3n) is 8.50. The number of hydrogen-bond donors (Lipinski definition) is 0. The molecule has 0 amide bonds. The van der Waals surface area contributed by atoms with Crippen LogP contribution < -0.4 is 0 Å². The van der Waals surface area contributed by atoms with E-state index in [0.29, 0.717) is 26.4 Å². The Hall–Kier alpha value is -2.96. The second-order valence-corrected chi connectivity index (χ2v) is 12.6. The summed E-state index contributed by atoms with van der Waals surface area (Å²) in [5.74, 6) is -0.853. The molecule has 3 heterocycles. The normalized spacial score (nSPS) is 31.7. The molecule has 3 aliphatic rings. The van der Waals surface area contributed by atoms with Gasteiger partial charge in [-0.3, -0.25) is 0 Å². The molecule has 0 aliphatic carbocycles. The minimum Gasteiger partial charge on any atom is -0.368 e. The quantitative estimate of drug-likeness (QED) is 0.197. The highest BCUT2D eigenvalue weighted by molar-refractivity contribution is 5.15. The molecule has 9 atom stereocenters. The van der Waals surface area contributed by atoms with Crippen molar-refractivity contribution in [1.82, 2.24) is 0 Å². The van der Waals surface area contributed by atoms with Crippen molar-refractivity contribution >= 4 is 0 Å². The Morgan fingerprint density at radius 1 is 0.681 bits per heavy atom. The van der Waals surface area contributed by atoms with Gasteiger partial charge in [0.2, 0.25) is 0 Å². The smallest absolute Gasteiger partial charge is 0.187 e. The van der Waals surface area contributed by atoms with Crippen molar-refractivity contribution in [3.8, 4) is 0 Å². The van der Waals surface area contributed by atoms with Gasteiger partial charge < -0.3 is 42.6 Å². The minimum atomic E-state index is -0.853. The van der Waals surface area contributed by atoms with E-state index in [1.165, 1.54) is 0 Å². The van der Waals surface area contributed by atoms with Crippen LogP contribution in [0.25, 0.3) is 0 Å². The van der Waals surface area contributed by atoms with E-state index in [2.05, 4.69) is 6.58 Å². The van der Waals surface area contributed by atoms with Crippen LogP contribution in [0.5, 0.6) is 0 Å². The maximum absolute atomic E-state index is 6.81.